The smallest absolute Gasteiger partial charge is 0.159 e. The highest BCUT2D eigenvalue weighted by Crippen LogP contribution is 2.35. The third-order valence-electron chi connectivity index (χ3n) is 6.05. The van der Waals surface area contributed by atoms with Crippen LogP contribution in [0, 0.1) is 5.82 Å². The van der Waals surface area contributed by atoms with Crippen molar-refractivity contribution in [2.24, 2.45) is 0 Å². The van der Waals surface area contributed by atoms with Gasteiger partial charge in [0.15, 0.2) is 5.82 Å². The zero-order chi connectivity index (χ0) is 22.4. The van der Waals surface area contributed by atoms with Crippen LogP contribution in [0.4, 0.5) is 4.39 Å². The van der Waals surface area contributed by atoms with Crippen LogP contribution < -0.4 is 0 Å². The third kappa shape index (κ3) is 3.73. The number of aromatic amines is 2. The Morgan fingerprint density at radius 3 is 2.73 bits per heavy atom. The quantitative estimate of drug-likeness (QED) is 0.303. The number of fused-ring (bicyclic) bond motifs is 2. The lowest BCUT2D eigenvalue weighted by atomic mass is 9.97. The molecule has 0 amide bonds. The number of hydrogen-bond acceptors (Lipinski definition) is 4. The van der Waals surface area contributed by atoms with Gasteiger partial charge in [-0.25, -0.2) is 13.7 Å². The molecule has 0 saturated heterocycles. The third-order valence-corrected chi connectivity index (χ3v) is 7.05. The summed E-state index contributed by atoms with van der Waals surface area (Å²) in [6.45, 7) is 3.68. The second kappa shape index (κ2) is 8.17. The molecule has 164 valence electrons. The van der Waals surface area contributed by atoms with E-state index in [4.69, 9.17) is 4.98 Å². The lowest BCUT2D eigenvalue weighted by Gasteiger charge is -2.13. The van der Waals surface area contributed by atoms with E-state index in [2.05, 4.69) is 50.7 Å². The fourth-order valence-electron chi connectivity index (χ4n) is 4.41. The molecule has 6 rings (SSSR count). The van der Waals surface area contributed by atoms with Gasteiger partial charge in [0.05, 0.1) is 30.0 Å². The van der Waals surface area contributed by atoms with Crippen molar-refractivity contribution >= 4 is 22.9 Å². The van der Waals surface area contributed by atoms with Crippen molar-refractivity contribution in [1.29, 1.82) is 0 Å². The Balaban J connectivity index is 1.27. The predicted octanol–water partition coefficient (Wildman–Crippen LogP) is 6.34. The van der Waals surface area contributed by atoms with Crippen molar-refractivity contribution in [1.82, 2.24) is 24.5 Å². The van der Waals surface area contributed by atoms with Gasteiger partial charge in [-0.1, -0.05) is 37.3 Å². The van der Waals surface area contributed by atoms with Crippen LogP contribution in [-0.4, -0.2) is 24.5 Å². The summed E-state index contributed by atoms with van der Waals surface area (Å²) in [5, 5.41) is 8.68. The van der Waals surface area contributed by atoms with E-state index >= 15 is 0 Å². The van der Waals surface area contributed by atoms with Gasteiger partial charge >= 0.3 is 0 Å². The highest BCUT2D eigenvalue weighted by Gasteiger charge is 2.25. The van der Waals surface area contributed by atoms with Crippen LogP contribution >= 0.6 is 11.9 Å². The minimum absolute atomic E-state index is 0.225. The molecule has 5 nitrogen and oxygen atoms in total. The summed E-state index contributed by atoms with van der Waals surface area (Å²) in [6.07, 6.45) is 0.847. The molecular formula is C26H22FN5S. The van der Waals surface area contributed by atoms with Crippen LogP contribution in [0.1, 0.15) is 23.9 Å². The van der Waals surface area contributed by atoms with E-state index in [9.17, 15) is 4.39 Å². The maximum atomic E-state index is 13.9. The van der Waals surface area contributed by atoms with Crippen molar-refractivity contribution in [2.75, 3.05) is 0 Å². The highest BCUT2D eigenvalue weighted by atomic mass is 32.2. The van der Waals surface area contributed by atoms with E-state index in [0.717, 1.165) is 70.0 Å². The molecule has 0 fully saturated rings. The van der Waals surface area contributed by atoms with Crippen molar-refractivity contribution in [3.63, 3.8) is 0 Å². The molecule has 0 saturated carbocycles. The van der Waals surface area contributed by atoms with Crippen LogP contribution in [0.5, 0.6) is 0 Å². The van der Waals surface area contributed by atoms with Gasteiger partial charge in [-0.05, 0) is 71.5 Å². The first-order valence-corrected chi connectivity index (χ1v) is 11.8. The van der Waals surface area contributed by atoms with E-state index in [1.807, 2.05) is 30.3 Å². The van der Waals surface area contributed by atoms with Gasteiger partial charge in [0.2, 0.25) is 0 Å². The van der Waals surface area contributed by atoms with Gasteiger partial charge in [0.25, 0.3) is 0 Å². The number of imidazole rings is 1. The number of rotatable bonds is 5. The summed E-state index contributed by atoms with van der Waals surface area (Å²) in [5.41, 5.74) is 6.93. The summed E-state index contributed by atoms with van der Waals surface area (Å²) in [4.78, 5) is 9.55. The Labute approximate surface area is 195 Å². The van der Waals surface area contributed by atoms with Crippen molar-refractivity contribution in [2.45, 2.75) is 31.3 Å². The molecular weight excluding hydrogens is 433 g/mol. The molecule has 5 aromatic rings. The lowest BCUT2D eigenvalue weighted by molar-refractivity contribution is 0.500. The second-order valence-corrected chi connectivity index (χ2v) is 9.37. The van der Waals surface area contributed by atoms with E-state index < -0.39 is 0 Å². The molecule has 0 atom stereocenters. The molecule has 2 N–H and O–H groups in total. The van der Waals surface area contributed by atoms with E-state index in [1.165, 1.54) is 11.0 Å². The average molecular weight is 456 g/mol. The van der Waals surface area contributed by atoms with Crippen molar-refractivity contribution < 1.29 is 4.39 Å². The summed E-state index contributed by atoms with van der Waals surface area (Å²) < 4.78 is 16.2. The molecule has 2 aromatic heterocycles. The number of hydrogen-bond donors (Lipinski definition) is 2. The summed E-state index contributed by atoms with van der Waals surface area (Å²) in [6, 6.07) is 21.5. The Kier molecular flexibility index (Phi) is 5.00. The summed E-state index contributed by atoms with van der Waals surface area (Å²) >= 11 is 1.75. The molecule has 0 spiro atoms. The number of aromatic nitrogens is 4. The number of H-pyrrole nitrogens is 2. The standard InChI is InChI=1S/C26H22FN5S/c1-2-16-8-10-18(27)13-21(16)17-9-11-20-22(12-17)30-31-25(20)26-28-23-14-32(15-24(23)29-26)33-19-6-4-3-5-7-19/h3-13H,2,14-15H2,1H3,(H,28,29)(H,30,31). The number of halogens is 1. The van der Waals surface area contributed by atoms with Crippen LogP contribution in [-0.2, 0) is 19.5 Å². The second-order valence-electron chi connectivity index (χ2n) is 8.20. The monoisotopic (exact) mass is 455 g/mol. The Morgan fingerprint density at radius 1 is 1.03 bits per heavy atom. The fraction of sp³-hybridized carbons (Fsp3) is 0.154. The number of benzene rings is 3. The van der Waals surface area contributed by atoms with Crippen LogP contribution in [0.3, 0.4) is 0 Å². The topological polar surface area (TPSA) is 60.6 Å². The highest BCUT2D eigenvalue weighted by molar-refractivity contribution is 7.97. The first-order valence-electron chi connectivity index (χ1n) is 11.0. The van der Waals surface area contributed by atoms with Crippen molar-refractivity contribution in [3.8, 4) is 22.6 Å². The fourth-order valence-corrected chi connectivity index (χ4v) is 5.36. The van der Waals surface area contributed by atoms with Gasteiger partial charge in [-0.15, -0.1) is 0 Å². The minimum Gasteiger partial charge on any atom is -0.339 e. The average Bonchev–Trinajstić information content (AvgIpc) is 3.52. The molecule has 7 heteroatoms. The molecule has 33 heavy (non-hydrogen) atoms. The summed E-state index contributed by atoms with van der Waals surface area (Å²) in [7, 11) is 0. The minimum atomic E-state index is -0.225. The first kappa shape index (κ1) is 20.2. The van der Waals surface area contributed by atoms with Gasteiger partial charge in [0.1, 0.15) is 11.5 Å². The number of nitrogens with one attached hydrogen (secondary N) is 2. The van der Waals surface area contributed by atoms with E-state index in [0.29, 0.717) is 0 Å². The molecule has 0 radical (unpaired) electrons. The van der Waals surface area contributed by atoms with Gasteiger partial charge in [-0.3, -0.25) is 5.10 Å². The van der Waals surface area contributed by atoms with Crippen molar-refractivity contribution in [3.05, 3.63) is 89.5 Å². The van der Waals surface area contributed by atoms with E-state index in [-0.39, 0.29) is 5.82 Å². The van der Waals surface area contributed by atoms with Gasteiger partial charge in [0, 0.05) is 10.3 Å². The number of aryl methyl sites for hydroxylation is 1. The summed E-state index contributed by atoms with van der Waals surface area (Å²) in [5.74, 6) is 0.556. The van der Waals surface area contributed by atoms with Crippen LogP contribution in [0.25, 0.3) is 33.5 Å². The van der Waals surface area contributed by atoms with Gasteiger partial charge < -0.3 is 4.98 Å². The van der Waals surface area contributed by atoms with Crippen LogP contribution in [0.2, 0.25) is 0 Å². The normalized spacial score (nSPS) is 13.6. The molecule has 1 aliphatic heterocycles. The number of nitrogens with zero attached hydrogens (tertiary/aromatic N) is 3. The van der Waals surface area contributed by atoms with Crippen LogP contribution in [0.15, 0.2) is 71.6 Å². The molecule has 0 aliphatic carbocycles. The lowest BCUT2D eigenvalue weighted by Crippen LogP contribution is -2.07. The molecule has 3 heterocycles. The SMILES string of the molecule is CCc1ccc(F)cc1-c1ccc2c(-c3nc4c([nH]3)CN(Sc3ccccc3)C4)n[nH]c2c1. The molecule has 1 aliphatic rings. The largest absolute Gasteiger partial charge is 0.339 e. The Hall–Kier alpha value is -3.42. The first-order chi connectivity index (χ1) is 16.2. The van der Waals surface area contributed by atoms with Gasteiger partial charge in [-0.2, -0.15) is 5.10 Å². The zero-order valence-electron chi connectivity index (χ0n) is 18.1. The Morgan fingerprint density at radius 2 is 1.91 bits per heavy atom. The Bertz CT molecular complexity index is 1430. The van der Waals surface area contributed by atoms with E-state index in [1.54, 1.807) is 18.0 Å². The molecule has 3 aromatic carbocycles. The molecule has 0 bridgehead atoms. The zero-order valence-corrected chi connectivity index (χ0v) is 18.9. The maximum absolute atomic E-state index is 13.9. The molecule has 0 unspecified atom stereocenters. The predicted molar refractivity (Wildman–Crippen MR) is 130 cm³/mol. The maximum Gasteiger partial charge on any atom is 0.159 e.